The minimum atomic E-state index is 0.0643. The van der Waals surface area contributed by atoms with Gasteiger partial charge in [-0.15, -0.1) is 0 Å². The number of hydrogen-bond donors (Lipinski definition) is 1. The molecule has 0 bridgehead atoms. The highest BCUT2D eigenvalue weighted by Crippen LogP contribution is 2.29. The second-order valence-electron chi connectivity index (χ2n) is 4.94. The van der Waals surface area contributed by atoms with Crippen molar-refractivity contribution in [1.29, 1.82) is 0 Å². The number of morpholine rings is 1. The predicted octanol–water partition coefficient (Wildman–Crippen LogP) is 2.62. The lowest BCUT2D eigenvalue weighted by Crippen LogP contribution is -2.47. The summed E-state index contributed by atoms with van der Waals surface area (Å²) in [5.74, 6) is 1.61. The minimum Gasteiger partial charge on any atom is -0.490 e. The van der Waals surface area contributed by atoms with Gasteiger partial charge < -0.3 is 19.5 Å². The van der Waals surface area contributed by atoms with Crippen molar-refractivity contribution in [1.82, 2.24) is 5.32 Å². The lowest BCUT2D eigenvalue weighted by molar-refractivity contribution is -0.0452. The summed E-state index contributed by atoms with van der Waals surface area (Å²) in [5, 5.41) is 3.36. The molecule has 4 heteroatoms. The highest BCUT2D eigenvalue weighted by Gasteiger charge is 2.26. The Bertz CT molecular complexity index is 391. The van der Waals surface area contributed by atoms with Gasteiger partial charge in [-0.1, -0.05) is 25.5 Å². The topological polar surface area (TPSA) is 39.7 Å². The van der Waals surface area contributed by atoms with Gasteiger partial charge in [-0.3, -0.25) is 0 Å². The molecule has 2 rings (SSSR count). The fourth-order valence-corrected chi connectivity index (χ4v) is 2.42. The predicted molar refractivity (Wildman–Crippen MR) is 79.5 cm³/mol. The highest BCUT2D eigenvalue weighted by molar-refractivity contribution is 5.39. The molecule has 0 aliphatic carbocycles. The zero-order chi connectivity index (χ0) is 14.2. The van der Waals surface area contributed by atoms with Gasteiger partial charge in [0.15, 0.2) is 11.5 Å². The third-order valence-corrected chi connectivity index (χ3v) is 3.37. The van der Waals surface area contributed by atoms with Crippen LogP contribution in [-0.2, 0) is 4.74 Å². The second-order valence-corrected chi connectivity index (χ2v) is 4.94. The van der Waals surface area contributed by atoms with Crippen molar-refractivity contribution in [3.8, 4) is 11.5 Å². The smallest absolute Gasteiger partial charge is 0.161 e. The molecular weight excluding hydrogens is 254 g/mol. The van der Waals surface area contributed by atoms with Crippen LogP contribution in [0.2, 0.25) is 0 Å². The van der Waals surface area contributed by atoms with Crippen LogP contribution in [0.3, 0.4) is 0 Å². The van der Waals surface area contributed by atoms with Crippen LogP contribution in [0.5, 0.6) is 11.5 Å². The lowest BCUT2D eigenvalue weighted by Gasteiger charge is -2.31. The van der Waals surface area contributed by atoms with E-state index in [1.165, 1.54) is 0 Å². The molecule has 1 saturated heterocycles. The normalized spacial score (nSPS) is 20.4. The van der Waals surface area contributed by atoms with E-state index >= 15 is 0 Å². The summed E-state index contributed by atoms with van der Waals surface area (Å²) in [6.45, 7) is 7.31. The van der Waals surface area contributed by atoms with Crippen molar-refractivity contribution in [3.63, 3.8) is 0 Å². The molecule has 4 nitrogen and oxygen atoms in total. The van der Waals surface area contributed by atoms with E-state index in [4.69, 9.17) is 14.2 Å². The van der Waals surface area contributed by atoms with E-state index < -0.39 is 0 Å². The molecule has 20 heavy (non-hydrogen) atoms. The van der Waals surface area contributed by atoms with E-state index in [9.17, 15) is 0 Å². The van der Waals surface area contributed by atoms with Crippen LogP contribution in [0.1, 0.15) is 26.7 Å². The molecule has 0 amide bonds. The Hall–Kier alpha value is -1.26. The summed E-state index contributed by atoms with van der Waals surface area (Å²) in [4.78, 5) is 0. The molecule has 0 aromatic heterocycles. The summed E-state index contributed by atoms with van der Waals surface area (Å²) < 4.78 is 17.6. The minimum absolute atomic E-state index is 0.0643. The third-order valence-electron chi connectivity index (χ3n) is 3.37. The van der Waals surface area contributed by atoms with E-state index in [0.717, 1.165) is 44.0 Å². The Balaban J connectivity index is 2.06. The van der Waals surface area contributed by atoms with E-state index in [1.54, 1.807) is 0 Å². The molecule has 1 aromatic carbocycles. The van der Waals surface area contributed by atoms with Crippen LogP contribution >= 0.6 is 0 Å². The number of rotatable bonds is 7. The van der Waals surface area contributed by atoms with Gasteiger partial charge >= 0.3 is 0 Å². The number of benzene rings is 1. The molecule has 1 aromatic rings. The van der Waals surface area contributed by atoms with Crippen LogP contribution < -0.4 is 14.8 Å². The van der Waals surface area contributed by atoms with E-state index in [1.807, 2.05) is 31.2 Å². The molecule has 1 heterocycles. The fourth-order valence-electron chi connectivity index (χ4n) is 2.42. The summed E-state index contributed by atoms with van der Waals surface area (Å²) in [7, 11) is 0. The standard InChI is InChI=1S/C16H25NO3/c1-3-7-14(16-12-17-10-11-19-16)20-15-9-6-5-8-13(15)18-4-2/h5-6,8-9,14,16-17H,3-4,7,10-12H2,1-2H3/t14?,16-/m0/s1. The van der Waals surface area contributed by atoms with Crippen molar-refractivity contribution in [2.45, 2.75) is 38.9 Å². The van der Waals surface area contributed by atoms with Gasteiger partial charge in [-0.2, -0.15) is 0 Å². The number of hydrogen-bond acceptors (Lipinski definition) is 4. The molecule has 2 atom stereocenters. The van der Waals surface area contributed by atoms with Crippen molar-refractivity contribution in [2.24, 2.45) is 0 Å². The van der Waals surface area contributed by atoms with E-state index in [0.29, 0.717) is 6.61 Å². The van der Waals surface area contributed by atoms with Gasteiger partial charge in [0.2, 0.25) is 0 Å². The van der Waals surface area contributed by atoms with Gasteiger partial charge in [0.1, 0.15) is 12.2 Å². The van der Waals surface area contributed by atoms with Gasteiger partial charge in [-0.05, 0) is 25.5 Å². The maximum absolute atomic E-state index is 6.19. The molecule has 0 spiro atoms. The zero-order valence-electron chi connectivity index (χ0n) is 12.4. The van der Waals surface area contributed by atoms with Crippen LogP contribution in [0.15, 0.2) is 24.3 Å². The lowest BCUT2D eigenvalue weighted by atomic mass is 10.1. The first-order valence-corrected chi connectivity index (χ1v) is 7.56. The molecule has 112 valence electrons. The van der Waals surface area contributed by atoms with Gasteiger partial charge in [0.25, 0.3) is 0 Å². The Morgan fingerprint density at radius 3 is 2.75 bits per heavy atom. The molecule has 1 unspecified atom stereocenters. The quantitative estimate of drug-likeness (QED) is 0.833. The molecule has 1 N–H and O–H groups in total. The van der Waals surface area contributed by atoms with Crippen LogP contribution in [0.25, 0.3) is 0 Å². The van der Waals surface area contributed by atoms with Gasteiger partial charge in [-0.25, -0.2) is 0 Å². The van der Waals surface area contributed by atoms with Crippen molar-refractivity contribution < 1.29 is 14.2 Å². The Kier molecular flexibility index (Phi) is 6.15. The van der Waals surface area contributed by atoms with Crippen LogP contribution in [-0.4, -0.2) is 38.5 Å². The second kappa shape index (κ2) is 8.12. The van der Waals surface area contributed by atoms with Crippen molar-refractivity contribution >= 4 is 0 Å². The Morgan fingerprint density at radius 1 is 1.30 bits per heavy atom. The summed E-state index contributed by atoms with van der Waals surface area (Å²) >= 11 is 0. The number of ether oxygens (including phenoxy) is 3. The maximum Gasteiger partial charge on any atom is 0.161 e. The average Bonchev–Trinajstić information content (AvgIpc) is 2.50. The molecule has 0 radical (unpaired) electrons. The van der Waals surface area contributed by atoms with Crippen molar-refractivity contribution in [3.05, 3.63) is 24.3 Å². The largest absolute Gasteiger partial charge is 0.490 e. The Labute approximate surface area is 121 Å². The first-order chi connectivity index (χ1) is 9.85. The average molecular weight is 279 g/mol. The first-order valence-electron chi connectivity index (χ1n) is 7.56. The van der Waals surface area contributed by atoms with Gasteiger partial charge in [0, 0.05) is 13.1 Å². The maximum atomic E-state index is 6.19. The number of para-hydroxylation sites is 2. The van der Waals surface area contributed by atoms with Gasteiger partial charge in [0.05, 0.1) is 13.2 Å². The fraction of sp³-hybridized carbons (Fsp3) is 0.625. The highest BCUT2D eigenvalue weighted by atomic mass is 16.6. The Morgan fingerprint density at radius 2 is 2.10 bits per heavy atom. The van der Waals surface area contributed by atoms with Crippen molar-refractivity contribution in [2.75, 3.05) is 26.3 Å². The van der Waals surface area contributed by atoms with E-state index in [2.05, 4.69) is 12.2 Å². The zero-order valence-corrected chi connectivity index (χ0v) is 12.4. The summed E-state index contributed by atoms with van der Waals surface area (Å²) in [5.41, 5.74) is 0. The monoisotopic (exact) mass is 279 g/mol. The number of nitrogens with one attached hydrogen (secondary N) is 1. The van der Waals surface area contributed by atoms with Crippen LogP contribution in [0, 0.1) is 0 Å². The molecule has 1 aliphatic rings. The van der Waals surface area contributed by atoms with E-state index in [-0.39, 0.29) is 12.2 Å². The third kappa shape index (κ3) is 4.12. The first kappa shape index (κ1) is 15.1. The SMILES string of the molecule is CCCC(Oc1ccccc1OCC)[C@@H]1CNCCO1. The summed E-state index contributed by atoms with van der Waals surface area (Å²) in [6.07, 6.45) is 2.22. The summed E-state index contributed by atoms with van der Waals surface area (Å²) in [6, 6.07) is 7.85. The van der Waals surface area contributed by atoms with Crippen LogP contribution in [0.4, 0.5) is 0 Å². The molecule has 1 aliphatic heterocycles. The molecular formula is C16H25NO3. The molecule has 1 fully saturated rings. The molecule has 0 saturated carbocycles.